The first-order valence-electron chi connectivity index (χ1n) is 6.26. The number of nitrogen functional groups attached to an aromatic ring is 1. The molecule has 0 saturated carbocycles. The average Bonchev–Trinajstić information content (AvgIpc) is 2.75. The van der Waals surface area contributed by atoms with Gasteiger partial charge in [0.2, 0.25) is 0 Å². The van der Waals surface area contributed by atoms with Gasteiger partial charge in [-0.3, -0.25) is 5.32 Å². The number of carbonyl (C=O) groups is 1. The Bertz CT molecular complexity index is 662. The number of halogens is 1. The lowest BCUT2D eigenvalue weighted by atomic mass is 10.1. The molecule has 0 aliphatic heterocycles. The largest absolute Gasteiger partial charge is 0.444 e. The number of amides is 1. The van der Waals surface area contributed by atoms with E-state index >= 15 is 0 Å². The first-order chi connectivity index (χ1) is 9.76. The molecule has 0 fully saturated rings. The molecule has 0 aliphatic rings. The van der Waals surface area contributed by atoms with Crippen LogP contribution in [-0.4, -0.2) is 16.9 Å². The zero-order valence-corrected chi connectivity index (χ0v) is 12.7. The Hall–Kier alpha value is -2.21. The molecule has 0 saturated heterocycles. The second-order valence-corrected chi connectivity index (χ2v) is 5.84. The van der Waals surface area contributed by atoms with Gasteiger partial charge in [0.05, 0.1) is 11.2 Å². The second-order valence-electron chi connectivity index (χ2n) is 5.43. The molecule has 0 atom stereocenters. The summed E-state index contributed by atoms with van der Waals surface area (Å²) in [6.45, 7) is 5.36. The van der Waals surface area contributed by atoms with Crippen LogP contribution in [0.25, 0.3) is 11.3 Å². The number of ether oxygens (including phenoxy) is 1. The van der Waals surface area contributed by atoms with Crippen molar-refractivity contribution >= 4 is 29.1 Å². The average molecular weight is 310 g/mol. The van der Waals surface area contributed by atoms with Crippen molar-refractivity contribution < 1.29 is 14.1 Å². The van der Waals surface area contributed by atoms with E-state index in [0.29, 0.717) is 27.7 Å². The summed E-state index contributed by atoms with van der Waals surface area (Å²) in [5.74, 6) is 0.354. The zero-order chi connectivity index (χ0) is 15.6. The minimum Gasteiger partial charge on any atom is -0.444 e. The molecule has 7 heteroatoms. The molecule has 2 rings (SSSR count). The molecule has 0 aliphatic carbocycles. The third kappa shape index (κ3) is 3.88. The van der Waals surface area contributed by atoms with Gasteiger partial charge in [0.25, 0.3) is 0 Å². The molecular weight excluding hydrogens is 294 g/mol. The zero-order valence-electron chi connectivity index (χ0n) is 11.9. The van der Waals surface area contributed by atoms with Gasteiger partial charge >= 0.3 is 6.09 Å². The van der Waals surface area contributed by atoms with Crippen molar-refractivity contribution in [3.63, 3.8) is 0 Å². The monoisotopic (exact) mass is 309 g/mol. The SMILES string of the molecule is CC(C)(C)OC(=O)Nc1ccc(Cl)c(-c2oncc2N)c1. The number of anilines is 2. The van der Waals surface area contributed by atoms with Crippen LogP contribution in [0, 0.1) is 0 Å². The van der Waals surface area contributed by atoms with Crippen molar-refractivity contribution in [1.29, 1.82) is 0 Å². The van der Waals surface area contributed by atoms with Crippen LogP contribution in [0.1, 0.15) is 20.8 Å². The van der Waals surface area contributed by atoms with Gasteiger partial charge in [-0.25, -0.2) is 4.79 Å². The minimum atomic E-state index is -0.575. The van der Waals surface area contributed by atoms with Crippen LogP contribution in [0.3, 0.4) is 0 Å². The van der Waals surface area contributed by atoms with Crippen LogP contribution in [0.15, 0.2) is 28.9 Å². The fourth-order valence-corrected chi connectivity index (χ4v) is 1.85. The van der Waals surface area contributed by atoms with Crippen molar-refractivity contribution in [3.05, 3.63) is 29.4 Å². The highest BCUT2D eigenvalue weighted by Crippen LogP contribution is 2.34. The van der Waals surface area contributed by atoms with E-state index in [1.165, 1.54) is 6.20 Å². The summed E-state index contributed by atoms with van der Waals surface area (Å²) in [7, 11) is 0. The molecule has 2 aromatic rings. The lowest BCUT2D eigenvalue weighted by Crippen LogP contribution is -2.27. The van der Waals surface area contributed by atoms with Crippen LogP contribution < -0.4 is 11.1 Å². The fraction of sp³-hybridized carbons (Fsp3) is 0.286. The topological polar surface area (TPSA) is 90.4 Å². The quantitative estimate of drug-likeness (QED) is 0.877. The van der Waals surface area contributed by atoms with E-state index in [1.807, 2.05) is 0 Å². The number of carbonyl (C=O) groups excluding carboxylic acids is 1. The van der Waals surface area contributed by atoms with Crippen LogP contribution in [0.2, 0.25) is 5.02 Å². The molecule has 0 spiro atoms. The number of nitrogens with one attached hydrogen (secondary N) is 1. The number of benzene rings is 1. The van der Waals surface area contributed by atoms with Gasteiger partial charge in [0.1, 0.15) is 11.3 Å². The molecule has 1 heterocycles. The Labute approximate surface area is 127 Å². The standard InChI is InChI=1S/C14H16ClN3O3/c1-14(2,3)20-13(19)18-8-4-5-10(15)9(6-8)12-11(16)7-17-21-12/h4-7H,16H2,1-3H3,(H,18,19). The summed E-state index contributed by atoms with van der Waals surface area (Å²) < 4.78 is 10.3. The summed E-state index contributed by atoms with van der Waals surface area (Å²) >= 11 is 6.12. The fourth-order valence-electron chi connectivity index (χ4n) is 1.65. The Kier molecular flexibility index (Phi) is 4.09. The molecule has 0 bridgehead atoms. The van der Waals surface area contributed by atoms with E-state index in [2.05, 4.69) is 10.5 Å². The number of nitrogens with zero attached hydrogens (tertiary/aromatic N) is 1. The van der Waals surface area contributed by atoms with E-state index < -0.39 is 11.7 Å². The highest BCUT2D eigenvalue weighted by Gasteiger charge is 2.17. The van der Waals surface area contributed by atoms with Crippen LogP contribution in [0.5, 0.6) is 0 Å². The lowest BCUT2D eigenvalue weighted by Gasteiger charge is -2.19. The maximum absolute atomic E-state index is 11.8. The van der Waals surface area contributed by atoms with E-state index in [4.69, 9.17) is 26.6 Å². The molecule has 3 N–H and O–H groups in total. The molecule has 0 radical (unpaired) electrons. The lowest BCUT2D eigenvalue weighted by molar-refractivity contribution is 0.0636. The molecule has 0 unspecified atom stereocenters. The molecule has 1 aromatic heterocycles. The van der Waals surface area contributed by atoms with Gasteiger partial charge in [-0.15, -0.1) is 0 Å². The van der Waals surface area contributed by atoms with Gasteiger partial charge in [-0.1, -0.05) is 16.8 Å². The van der Waals surface area contributed by atoms with Crippen molar-refractivity contribution in [2.45, 2.75) is 26.4 Å². The van der Waals surface area contributed by atoms with Crippen LogP contribution in [0.4, 0.5) is 16.2 Å². The van der Waals surface area contributed by atoms with Crippen molar-refractivity contribution in [2.24, 2.45) is 0 Å². The van der Waals surface area contributed by atoms with Crippen molar-refractivity contribution in [1.82, 2.24) is 5.16 Å². The smallest absolute Gasteiger partial charge is 0.412 e. The van der Waals surface area contributed by atoms with Crippen molar-refractivity contribution in [3.8, 4) is 11.3 Å². The van der Waals surface area contributed by atoms with Crippen molar-refractivity contribution in [2.75, 3.05) is 11.1 Å². The number of hydrogen-bond acceptors (Lipinski definition) is 5. The summed E-state index contributed by atoms with van der Waals surface area (Å²) in [4.78, 5) is 11.8. The Morgan fingerprint density at radius 3 is 2.71 bits per heavy atom. The van der Waals surface area contributed by atoms with Gasteiger partial charge in [0, 0.05) is 11.3 Å². The molecule has 1 aromatic carbocycles. The summed E-state index contributed by atoms with van der Waals surface area (Å²) in [5, 5.41) is 6.67. The second kappa shape index (κ2) is 5.65. The maximum Gasteiger partial charge on any atom is 0.412 e. The van der Waals surface area contributed by atoms with E-state index in [1.54, 1.807) is 39.0 Å². The normalized spacial score (nSPS) is 11.2. The third-order valence-electron chi connectivity index (χ3n) is 2.45. The summed E-state index contributed by atoms with van der Waals surface area (Å²) in [5.41, 5.74) is 6.60. The molecule has 21 heavy (non-hydrogen) atoms. The summed E-state index contributed by atoms with van der Waals surface area (Å²) in [6, 6.07) is 4.93. The number of nitrogens with two attached hydrogens (primary N) is 1. The highest BCUT2D eigenvalue weighted by molar-refractivity contribution is 6.33. The van der Waals surface area contributed by atoms with Gasteiger partial charge in [-0.05, 0) is 39.0 Å². The maximum atomic E-state index is 11.8. The Balaban J connectivity index is 2.24. The number of hydrogen-bond donors (Lipinski definition) is 2. The molecule has 1 amide bonds. The van der Waals surface area contributed by atoms with Crippen LogP contribution >= 0.6 is 11.6 Å². The van der Waals surface area contributed by atoms with E-state index in [-0.39, 0.29) is 0 Å². The summed E-state index contributed by atoms with van der Waals surface area (Å²) in [6.07, 6.45) is 0.834. The molecule has 112 valence electrons. The van der Waals surface area contributed by atoms with E-state index in [9.17, 15) is 4.79 Å². The third-order valence-corrected chi connectivity index (χ3v) is 2.78. The van der Waals surface area contributed by atoms with Gasteiger partial charge < -0.3 is 15.0 Å². The molecule has 6 nitrogen and oxygen atoms in total. The number of rotatable bonds is 2. The first-order valence-corrected chi connectivity index (χ1v) is 6.64. The first kappa shape index (κ1) is 15.2. The Morgan fingerprint density at radius 2 is 2.14 bits per heavy atom. The van der Waals surface area contributed by atoms with Gasteiger partial charge in [-0.2, -0.15) is 0 Å². The predicted molar refractivity (Wildman–Crippen MR) is 81.2 cm³/mol. The predicted octanol–water partition coefficient (Wildman–Crippen LogP) is 3.92. The molecular formula is C14H16ClN3O3. The van der Waals surface area contributed by atoms with E-state index in [0.717, 1.165) is 0 Å². The Morgan fingerprint density at radius 1 is 1.43 bits per heavy atom. The van der Waals surface area contributed by atoms with Crippen LogP contribution in [-0.2, 0) is 4.74 Å². The number of aromatic nitrogens is 1. The van der Waals surface area contributed by atoms with Gasteiger partial charge in [0.15, 0.2) is 5.76 Å². The minimum absolute atomic E-state index is 0.354. The highest BCUT2D eigenvalue weighted by atomic mass is 35.5.